The summed E-state index contributed by atoms with van der Waals surface area (Å²) in [4.78, 5) is 14.1. The number of piperidine rings is 1. The Bertz CT molecular complexity index is 749. The first-order chi connectivity index (χ1) is 11.3. The monoisotopic (exact) mass is 341 g/mol. The van der Waals surface area contributed by atoms with Crippen molar-refractivity contribution in [2.75, 3.05) is 13.1 Å². The maximum Gasteiger partial charge on any atom is 0.433 e. The highest BCUT2D eigenvalue weighted by Gasteiger charge is 2.36. The Labute approximate surface area is 136 Å². The van der Waals surface area contributed by atoms with Gasteiger partial charge in [0.1, 0.15) is 5.69 Å². The van der Waals surface area contributed by atoms with Crippen molar-refractivity contribution in [3.05, 3.63) is 35.4 Å². The zero-order valence-electron chi connectivity index (χ0n) is 13.4. The molecule has 0 bridgehead atoms. The van der Waals surface area contributed by atoms with E-state index in [0.29, 0.717) is 17.8 Å². The molecule has 0 radical (unpaired) electrons. The lowest BCUT2D eigenvalue weighted by Crippen LogP contribution is -2.39. The van der Waals surface area contributed by atoms with Gasteiger partial charge in [0.05, 0.1) is 6.20 Å². The Morgan fingerprint density at radius 3 is 2.67 bits per heavy atom. The van der Waals surface area contributed by atoms with Gasteiger partial charge in [-0.25, -0.2) is 0 Å². The maximum absolute atomic E-state index is 12.9. The van der Waals surface area contributed by atoms with E-state index < -0.39 is 17.8 Å². The Kier molecular flexibility index (Phi) is 4.10. The number of hydrogen-bond donors (Lipinski definition) is 0. The number of carbonyl (C=O) groups is 1. The van der Waals surface area contributed by atoms with Crippen LogP contribution in [-0.4, -0.2) is 43.5 Å². The van der Waals surface area contributed by atoms with Crippen molar-refractivity contribution in [3.63, 3.8) is 0 Å². The van der Waals surface area contributed by atoms with Gasteiger partial charge in [0.15, 0.2) is 5.69 Å². The number of aromatic nitrogens is 4. The van der Waals surface area contributed by atoms with Crippen LogP contribution in [0.5, 0.6) is 0 Å². The number of alkyl halides is 3. The average Bonchev–Trinajstić information content (AvgIpc) is 3.12. The summed E-state index contributed by atoms with van der Waals surface area (Å²) in [7, 11) is 3.01. The molecule has 1 fully saturated rings. The average molecular weight is 341 g/mol. The third-order valence-electron chi connectivity index (χ3n) is 4.29. The van der Waals surface area contributed by atoms with E-state index in [4.69, 9.17) is 0 Å². The number of halogens is 3. The summed E-state index contributed by atoms with van der Waals surface area (Å²) in [5, 5.41) is 7.88. The van der Waals surface area contributed by atoms with Crippen LogP contribution in [0.2, 0.25) is 0 Å². The highest BCUT2D eigenvalue weighted by molar-refractivity contribution is 5.92. The molecular weight excluding hydrogens is 323 g/mol. The normalized spacial score (nSPS) is 18.9. The van der Waals surface area contributed by atoms with Crippen LogP contribution in [0.3, 0.4) is 0 Å². The third kappa shape index (κ3) is 3.15. The van der Waals surface area contributed by atoms with Crippen molar-refractivity contribution >= 4 is 5.91 Å². The molecule has 1 aliphatic heterocycles. The van der Waals surface area contributed by atoms with E-state index in [1.165, 1.54) is 7.05 Å². The molecule has 0 N–H and O–H groups in total. The first-order valence-corrected chi connectivity index (χ1v) is 7.65. The van der Waals surface area contributed by atoms with Gasteiger partial charge < -0.3 is 4.90 Å². The lowest BCUT2D eigenvalue weighted by molar-refractivity contribution is -0.143. The summed E-state index contributed by atoms with van der Waals surface area (Å²) in [5.74, 6) is -0.322. The molecule has 9 heteroatoms. The number of carbonyl (C=O) groups excluding carboxylic acids is 1. The molecule has 2 aromatic rings. The summed E-state index contributed by atoms with van der Waals surface area (Å²) in [6, 6.07) is 0.815. The Morgan fingerprint density at radius 1 is 1.33 bits per heavy atom. The number of rotatable bonds is 2. The molecule has 0 aromatic carbocycles. The fourth-order valence-electron chi connectivity index (χ4n) is 3.08. The molecule has 1 unspecified atom stereocenters. The molecule has 1 saturated heterocycles. The Balaban J connectivity index is 1.77. The fraction of sp³-hybridized carbons (Fsp3) is 0.533. The summed E-state index contributed by atoms with van der Waals surface area (Å²) >= 11 is 0. The molecule has 0 saturated carbocycles. The van der Waals surface area contributed by atoms with Crippen molar-refractivity contribution in [2.45, 2.75) is 24.9 Å². The second-order valence-corrected chi connectivity index (χ2v) is 6.07. The van der Waals surface area contributed by atoms with Crippen molar-refractivity contribution < 1.29 is 18.0 Å². The molecule has 130 valence electrons. The van der Waals surface area contributed by atoms with E-state index in [0.717, 1.165) is 24.5 Å². The van der Waals surface area contributed by atoms with Gasteiger partial charge in [0, 0.05) is 45.4 Å². The number of nitrogens with zero attached hydrogens (tertiary/aromatic N) is 5. The smallest absolute Gasteiger partial charge is 0.337 e. The molecule has 3 rings (SSSR count). The fourth-order valence-corrected chi connectivity index (χ4v) is 3.08. The van der Waals surface area contributed by atoms with Crippen LogP contribution in [0.1, 0.15) is 40.5 Å². The summed E-state index contributed by atoms with van der Waals surface area (Å²) in [6.45, 7) is 0.982. The molecule has 2 aromatic heterocycles. The topological polar surface area (TPSA) is 56.0 Å². The van der Waals surface area contributed by atoms with Crippen LogP contribution in [-0.2, 0) is 20.3 Å². The van der Waals surface area contributed by atoms with Crippen LogP contribution in [0.15, 0.2) is 18.5 Å². The van der Waals surface area contributed by atoms with Gasteiger partial charge in [0.2, 0.25) is 0 Å². The molecule has 6 nitrogen and oxygen atoms in total. The van der Waals surface area contributed by atoms with Gasteiger partial charge in [0.25, 0.3) is 5.91 Å². The molecule has 1 atom stereocenters. The first-order valence-electron chi connectivity index (χ1n) is 7.65. The molecule has 1 aliphatic rings. The van der Waals surface area contributed by atoms with Gasteiger partial charge >= 0.3 is 6.18 Å². The number of hydrogen-bond acceptors (Lipinski definition) is 3. The largest absolute Gasteiger partial charge is 0.433 e. The summed E-state index contributed by atoms with van der Waals surface area (Å²) in [6.07, 6.45) is 0.860. The van der Waals surface area contributed by atoms with Crippen molar-refractivity contribution in [1.29, 1.82) is 0 Å². The highest BCUT2D eigenvalue weighted by Crippen LogP contribution is 2.31. The van der Waals surface area contributed by atoms with E-state index in [-0.39, 0.29) is 11.6 Å². The predicted molar refractivity (Wildman–Crippen MR) is 79.3 cm³/mol. The summed E-state index contributed by atoms with van der Waals surface area (Å²) < 4.78 is 41.0. The van der Waals surface area contributed by atoms with Crippen LogP contribution in [0.25, 0.3) is 0 Å². The molecule has 0 spiro atoms. The Morgan fingerprint density at radius 2 is 2.08 bits per heavy atom. The van der Waals surface area contributed by atoms with E-state index >= 15 is 0 Å². The first kappa shape index (κ1) is 16.5. The summed E-state index contributed by atoms with van der Waals surface area (Å²) in [5.41, 5.74) is -0.0599. The minimum atomic E-state index is -4.53. The molecule has 24 heavy (non-hydrogen) atoms. The van der Waals surface area contributed by atoms with Gasteiger partial charge in [-0.05, 0) is 18.4 Å². The minimum absolute atomic E-state index is 0.141. The molecule has 0 aliphatic carbocycles. The zero-order chi connectivity index (χ0) is 17.5. The lowest BCUT2D eigenvalue weighted by Gasteiger charge is -2.31. The van der Waals surface area contributed by atoms with E-state index in [1.807, 2.05) is 13.2 Å². The van der Waals surface area contributed by atoms with Crippen molar-refractivity contribution in [1.82, 2.24) is 24.5 Å². The van der Waals surface area contributed by atoms with Crippen molar-refractivity contribution in [3.8, 4) is 0 Å². The van der Waals surface area contributed by atoms with Gasteiger partial charge in [-0.2, -0.15) is 23.4 Å². The van der Waals surface area contributed by atoms with Gasteiger partial charge in [-0.15, -0.1) is 0 Å². The van der Waals surface area contributed by atoms with E-state index in [1.54, 1.807) is 15.8 Å². The second kappa shape index (κ2) is 5.95. The SMILES string of the molecule is Cn1cc(C2CCCN(C(=O)c3cc(C(F)(F)F)n(C)n3)C2)cn1. The number of likely N-dealkylation sites (tertiary alicyclic amines) is 1. The number of aryl methyl sites for hydroxylation is 2. The standard InChI is InChI=1S/C15H18F3N5O/c1-21-8-11(7-19-21)10-4-3-5-23(9-10)14(24)12-6-13(15(16,17)18)22(2)20-12/h6-8,10H,3-5,9H2,1-2H3. The zero-order valence-corrected chi connectivity index (χ0v) is 13.4. The number of amides is 1. The predicted octanol–water partition coefficient (Wildman–Crippen LogP) is 2.19. The van der Waals surface area contributed by atoms with E-state index in [9.17, 15) is 18.0 Å². The van der Waals surface area contributed by atoms with Crippen LogP contribution in [0.4, 0.5) is 13.2 Å². The van der Waals surface area contributed by atoms with Crippen LogP contribution < -0.4 is 0 Å². The quantitative estimate of drug-likeness (QED) is 0.841. The van der Waals surface area contributed by atoms with Crippen molar-refractivity contribution in [2.24, 2.45) is 14.1 Å². The molecular formula is C15H18F3N5O. The second-order valence-electron chi connectivity index (χ2n) is 6.07. The Hall–Kier alpha value is -2.32. The maximum atomic E-state index is 12.9. The minimum Gasteiger partial charge on any atom is -0.337 e. The van der Waals surface area contributed by atoms with Crippen LogP contribution in [0, 0.1) is 0 Å². The highest BCUT2D eigenvalue weighted by atomic mass is 19.4. The van der Waals surface area contributed by atoms with E-state index in [2.05, 4.69) is 10.2 Å². The van der Waals surface area contributed by atoms with Gasteiger partial charge in [-0.3, -0.25) is 14.2 Å². The lowest BCUT2D eigenvalue weighted by atomic mass is 9.92. The van der Waals surface area contributed by atoms with Crippen LogP contribution >= 0.6 is 0 Å². The van der Waals surface area contributed by atoms with Gasteiger partial charge in [-0.1, -0.05) is 0 Å². The molecule has 3 heterocycles. The molecule has 1 amide bonds. The third-order valence-corrected chi connectivity index (χ3v) is 4.29.